The fourth-order valence-electron chi connectivity index (χ4n) is 3.88. The van der Waals surface area contributed by atoms with E-state index in [4.69, 9.17) is 14.2 Å². The van der Waals surface area contributed by atoms with Gasteiger partial charge in [-0.3, -0.25) is 9.58 Å². The molecule has 0 amide bonds. The fourth-order valence-corrected chi connectivity index (χ4v) is 3.88. The van der Waals surface area contributed by atoms with Gasteiger partial charge in [0.05, 0.1) is 12.8 Å². The first-order valence-electron chi connectivity index (χ1n) is 9.08. The second-order valence-electron chi connectivity index (χ2n) is 6.85. The molecule has 144 valence electrons. The zero-order chi connectivity index (χ0) is 18.8. The molecule has 1 atom stereocenters. The number of aryl methyl sites for hydroxylation is 1. The zero-order valence-electron chi connectivity index (χ0n) is 15.6. The monoisotopic (exact) mass is 372 g/mol. The van der Waals surface area contributed by atoms with Gasteiger partial charge in [-0.25, -0.2) is 0 Å². The van der Waals surface area contributed by atoms with Crippen molar-refractivity contribution in [2.24, 2.45) is 5.16 Å². The van der Waals surface area contributed by atoms with Crippen LogP contribution in [0.3, 0.4) is 0 Å². The lowest BCUT2D eigenvalue weighted by Crippen LogP contribution is -2.34. The Labute approximate surface area is 157 Å². The van der Waals surface area contributed by atoms with Crippen molar-refractivity contribution in [3.05, 3.63) is 35.7 Å². The topological polar surface area (TPSA) is 81.3 Å². The summed E-state index contributed by atoms with van der Waals surface area (Å²) in [7, 11) is 3.74. The standard InChI is InChI=1S/C19H24N4O4/c1-22-8-4-13-10-16-18(27-12-26-16)19(25-2)17(13)15(22)11-14(21-24)5-9-23-7-3-6-20-23/h3,6-7,10,15,24H,4-5,8-9,11-12H2,1-2H3/b21-14-/t15-/m1/s1. The molecule has 0 saturated heterocycles. The number of aromatic nitrogens is 2. The third-order valence-electron chi connectivity index (χ3n) is 5.31. The van der Waals surface area contributed by atoms with Crippen LogP contribution in [-0.2, 0) is 13.0 Å². The molecule has 0 saturated carbocycles. The molecule has 0 fully saturated rings. The molecule has 0 aliphatic carbocycles. The van der Waals surface area contributed by atoms with Gasteiger partial charge in [0.1, 0.15) is 0 Å². The zero-order valence-corrected chi connectivity index (χ0v) is 15.6. The maximum Gasteiger partial charge on any atom is 0.231 e. The van der Waals surface area contributed by atoms with E-state index in [9.17, 15) is 5.21 Å². The molecule has 1 N–H and O–H groups in total. The first-order valence-corrected chi connectivity index (χ1v) is 9.08. The number of likely N-dealkylation sites (N-methyl/N-ethyl adjacent to an activating group) is 1. The lowest BCUT2D eigenvalue weighted by Gasteiger charge is -2.36. The second-order valence-corrected chi connectivity index (χ2v) is 6.85. The molecule has 2 aliphatic rings. The van der Waals surface area contributed by atoms with Gasteiger partial charge in [0.15, 0.2) is 11.5 Å². The third kappa shape index (κ3) is 3.32. The summed E-state index contributed by atoms with van der Waals surface area (Å²) in [5, 5.41) is 17.3. The van der Waals surface area contributed by atoms with Crippen molar-refractivity contribution in [2.45, 2.75) is 31.8 Å². The third-order valence-corrected chi connectivity index (χ3v) is 5.31. The highest BCUT2D eigenvalue weighted by molar-refractivity contribution is 5.85. The Hall–Kier alpha value is -2.74. The van der Waals surface area contributed by atoms with Crippen LogP contribution < -0.4 is 14.2 Å². The number of fused-ring (bicyclic) bond motifs is 2. The van der Waals surface area contributed by atoms with E-state index in [0.29, 0.717) is 25.1 Å². The second kappa shape index (κ2) is 7.48. The number of ether oxygens (including phenoxy) is 3. The number of hydrogen-bond donors (Lipinski definition) is 1. The molecule has 8 heteroatoms. The summed E-state index contributed by atoms with van der Waals surface area (Å²) < 4.78 is 18.8. The molecule has 8 nitrogen and oxygen atoms in total. The predicted molar refractivity (Wildman–Crippen MR) is 98.9 cm³/mol. The minimum atomic E-state index is 0.0433. The Balaban J connectivity index is 1.61. The average Bonchev–Trinajstić information content (AvgIpc) is 3.36. The van der Waals surface area contributed by atoms with E-state index in [1.54, 1.807) is 13.3 Å². The molecule has 2 aromatic rings. The fraction of sp³-hybridized carbons (Fsp3) is 0.474. The highest BCUT2D eigenvalue weighted by atomic mass is 16.7. The molecular formula is C19H24N4O4. The first-order chi connectivity index (χ1) is 13.2. The van der Waals surface area contributed by atoms with Gasteiger partial charge < -0.3 is 19.4 Å². The van der Waals surface area contributed by atoms with Gasteiger partial charge in [-0.2, -0.15) is 5.10 Å². The smallest absolute Gasteiger partial charge is 0.231 e. The summed E-state index contributed by atoms with van der Waals surface area (Å²) >= 11 is 0. The number of methoxy groups -OCH3 is 1. The average molecular weight is 372 g/mol. The summed E-state index contributed by atoms with van der Waals surface area (Å²) in [5.74, 6) is 2.13. The van der Waals surface area contributed by atoms with Crippen molar-refractivity contribution < 1.29 is 19.4 Å². The van der Waals surface area contributed by atoms with Crippen molar-refractivity contribution in [1.29, 1.82) is 0 Å². The molecule has 1 aromatic heterocycles. The summed E-state index contributed by atoms with van der Waals surface area (Å²) in [6.07, 6.45) is 5.80. The number of rotatable bonds is 6. The maximum absolute atomic E-state index is 9.56. The highest BCUT2D eigenvalue weighted by Gasteiger charge is 2.34. The van der Waals surface area contributed by atoms with Crippen LogP contribution in [0.5, 0.6) is 17.2 Å². The molecule has 0 spiro atoms. The molecule has 3 heterocycles. The van der Waals surface area contributed by atoms with E-state index in [2.05, 4.69) is 28.3 Å². The van der Waals surface area contributed by atoms with Gasteiger partial charge in [0.2, 0.25) is 12.5 Å². The summed E-state index contributed by atoms with van der Waals surface area (Å²) in [6.45, 7) is 1.80. The molecule has 1 aromatic carbocycles. The van der Waals surface area contributed by atoms with E-state index >= 15 is 0 Å². The van der Waals surface area contributed by atoms with Crippen molar-refractivity contribution in [2.75, 3.05) is 27.5 Å². The van der Waals surface area contributed by atoms with Crippen molar-refractivity contribution >= 4 is 5.71 Å². The summed E-state index contributed by atoms with van der Waals surface area (Å²) in [4.78, 5) is 2.27. The number of nitrogens with zero attached hydrogens (tertiary/aromatic N) is 4. The number of benzene rings is 1. The molecule has 27 heavy (non-hydrogen) atoms. The Kier molecular flexibility index (Phi) is 4.89. The number of oxime groups is 1. The Morgan fingerprint density at radius 1 is 1.44 bits per heavy atom. The summed E-state index contributed by atoms with van der Waals surface area (Å²) in [5.41, 5.74) is 3.02. The van der Waals surface area contributed by atoms with Crippen LogP contribution in [0.25, 0.3) is 0 Å². The molecular weight excluding hydrogens is 348 g/mol. The quantitative estimate of drug-likeness (QED) is 0.477. The van der Waals surface area contributed by atoms with E-state index in [1.807, 2.05) is 16.9 Å². The van der Waals surface area contributed by atoms with Gasteiger partial charge in [0, 0.05) is 49.9 Å². The van der Waals surface area contributed by atoms with Crippen molar-refractivity contribution in [3.8, 4) is 17.2 Å². The van der Waals surface area contributed by atoms with E-state index in [0.717, 1.165) is 35.7 Å². The van der Waals surface area contributed by atoms with Crippen molar-refractivity contribution in [3.63, 3.8) is 0 Å². The van der Waals surface area contributed by atoms with Crippen LogP contribution in [0.1, 0.15) is 30.0 Å². The molecule has 0 radical (unpaired) electrons. The largest absolute Gasteiger partial charge is 0.492 e. The normalized spacial score (nSPS) is 19.2. The molecule has 0 bridgehead atoms. The number of hydrogen-bond acceptors (Lipinski definition) is 7. The SMILES string of the molecule is COc1c2c(cc3c1[C@@H](C/C(CCn1cccn1)=N\O)N(C)CC3)OCO2. The van der Waals surface area contributed by atoms with Crippen LogP contribution >= 0.6 is 0 Å². The van der Waals surface area contributed by atoms with E-state index in [-0.39, 0.29) is 12.8 Å². The van der Waals surface area contributed by atoms with Gasteiger partial charge in [-0.15, -0.1) is 0 Å². The minimum Gasteiger partial charge on any atom is -0.492 e. The van der Waals surface area contributed by atoms with E-state index < -0.39 is 0 Å². The lowest BCUT2D eigenvalue weighted by molar-refractivity contribution is 0.170. The molecule has 0 unspecified atom stereocenters. The lowest BCUT2D eigenvalue weighted by atomic mass is 9.88. The van der Waals surface area contributed by atoms with Gasteiger partial charge in [-0.1, -0.05) is 5.16 Å². The summed E-state index contributed by atoms with van der Waals surface area (Å²) in [6, 6.07) is 3.98. The van der Waals surface area contributed by atoms with Gasteiger partial charge in [-0.05, 0) is 31.2 Å². The van der Waals surface area contributed by atoms with Gasteiger partial charge >= 0.3 is 0 Å². The van der Waals surface area contributed by atoms with Crippen LogP contribution in [0.2, 0.25) is 0 Å². The van der Waals surface area contributed by atoms with Crippen LogP contribution in [0.4, 0.5) is 0 Å². The van der Waals surface area contributed by atoms with Crippen molar-refractivity contribution in [1.82, 2.24) is 14.7 Å². The molecule has 2 aliphatic heterocycles. The minimum absolute atomic E-state index is 0.0433. The first kappa shape index (κ1) is 17.7. The maximum atomic E-state index is 9.56. The van der Waals surface area contributed by atoms with Crippen LogP contribution in [0.15, 0.2) is 29.7 Å². The Bertz CT molecular complexity index is 835. The van der Waals surface area contributed by atoms with Gasteiger partial charge in [0.25, 0.3) is 0 Å². The van der Waals surface area contributed by atoms with E-state index in [1.165, 1.54) is 5.56 Å². The molecule has 4 rings (SSSR count). The highest BCUT2D eigenvalue weighted by Crippen LogP contribution is 2.50. The predicted octanol–water partition coefficient (Wildman–Crippen LogP) is 2.46. The Morgan fingerprint density at radius 3 is 3.07 bits per heavy atom. The van der Waals surface area contributed by atoms with Crippen LogP contribution in [-0.4, -0.2) is 53.1 Å². The Morgan fingerprint density at radius 2 is 2.33 bits per heavy atom. The van der Waals surface area contributed by atoms with Crippen LogP contribution in [0, 0.1) is 0 Å².